The van der Waals surface area contributed by atoms with E-state index in [4.69, 9.17) is 10.8 Å². The molecular weight excluding hydrogens is 270 g/mol. The lowest BCUT2D eigenvalue weighted by Gasteiger charge is -2.30. The molecule has 0 unspecified atom stereocenters. The van der Waals surface area contributed by atoms with Gasteiger partial charge in [-0.1, -0.05) is 12.1 Å². The van der Waals surface area contributed by atoms with Gasteiger partial charge >= 0.3 is 12.0 Å². The van der Waals surface area contributed by atoms with Gasteiger partial charge in [-0.3, -0.25) is 4.79 Å². The summed E-state index contributed by atoms with van der Waals surface area (Å²) in [5.41, 5.74) is 7.48. The molecule has 1 fully saturated rings. The molecule has 0 spiro atoms. The molecule has 1 aliphatic heterocycles. The van der Waals surface area contributed by atoms with Crippen LogP contribution in [-0.2, 0) is 11.2 Å². The second kappa shape index (κ2) is 7.08. The van der Waals surface area contributed by atoms with Crippen molar-refractivity contribution in [3.05, 3.63) is 29.8 Å². The molecule has 2 amide bonds. The van der Waals surface area contributed by atoms with E-state index in [1.165, 1.54) is 0 Å². The SMILES string of the molecule is NC1CCN(C(=O)Nc2ccc(CCC(=O)O)cc2)CC1. The van der Waals surface area contributed by atoms with E-state index in [1.54, 1.807) is 17.0 Å². The largest absolute Gasteiger partial charge is 0.481 e. The second-order valence-corrected chi connectivity index (χ2v) is 5.35. The zero-order chi connectivity index (χ0) is 15.2. The first-order valence-corrected chi connectivity index (χ1v) is 7.17. The Balaban J connectivity index is 1.85. The number of carbonyl (C=O) groups is 2. The number of piperidine rings is 1. The van der Waals surface area contributed by atoms with E-state index >= 15 is 0 Å². The molecule has 0 saturated carbocycles. The summed E-state index contributed by atoms with van der Waals surface area (Å²) < 4.78 is 0. The van der Waals surface area contributed by atoms with Crippen molar-refractivity contribution in [2.45, 2.75) is 31.7 Å². The van der Waals surface area contributed by atoms with E-state index in [2.05, 4.69) is 5.32 Å². The van der Waals surface area contributed by atoms with Crippen LogP contribution in [0.4, 0.5) is 10.5 Å². The molecule has 1 saturated heterocycles. The van der Waals surface area contributed by atoms with E-state index in [0.717, 1.165) is 18.4 Å². The van der Waals surface area contributed by atoms with Gasteiger partial charge in [-0.05, 0) is 37.0 Å². The number of nitrogens with two attached hydrogens (primary N) is 1. The van der Waals surface area contributed by atoms with Crippen LogP contribution in [0.5, 0.6) is 0 Å². The van der Waals surface area contributed by atoms with Gasteiger partial charge in [-0.2, -0.15) is 0 Å². The third-order valence-corrected chi connectivity index (χ3v) is 3.66. The topological polar surface area (TPSA) is 95.7 Å². The number of hydrogen-bond acceptors (Lipinski definition) is 3. The minimum absolute atomic E-state index is 0.111. The molecule has 2 rings (SSSR count). The van der Waals surface area contributed by atoms with Gasteiger partial charge < -0.3 is 21.1 Å². The van der Waals surface area contributed by atoms with E-state index < -0.39 is 5.97 Å². The predicted molar refractivity (Wildman–Crippen MR) is 80.2 cm³/mol. The van der Waals surface area contributed by atoms with Crippen molar-refractivity contribution in [3.8, 4) is 0 Å². The summed E-state index contributed by atoms with van der Waals surface area (Å²) in [5, 5.41) is 11.5. The molecular formula is C15H21N3O3. The summed E-state index contributed by atoms with van der Waals surface area (Å²) >= 11 is 0. The Hall–Kier alpha value is -2.08. The molecule has 0 radical (unpaired) electrons. The number of amides is 2. The van der Waals surface area contributed by atoms with Crippen LogP contribution >= 0.6 is 0 Å². The molecule has 1 aromatic carbocycles. The van der Waals surface area contributed by atoms with Crippen molar-refractivity contribution >= 4 is 17.7 Å². The molecule has 0 aliphatic carbocycles. The summed E-state index contributed by atoms with van der Waals surface area (Å²) in [6.07, 6.45) is 2.27. The number of aryl methyl sites for hydroxylation is 1. The van der Waals surface area contributed by atoms with E-state index in [-0.39, 0.29) is 18.5 Å². The number of aliphatic carboxylic acids is 1. The molecule has 6 heteroatoms. The van der Waals surface area contributed by atoms with Crippen LogP contribution in [0, 0.1) is 0 Å². The first kappa shape index (κ1) is 15.3. The average Bonchev–Trinajstić information content (AvgIpc) is 2.47. The third kappa shape index (κ3) is 4.75. The number of nitrogens with one attached hydrogen (secondary N) is 1. The average molecular weight is 291 g/mol. The van der Waals surface area contributed by atoms with Gasteiger partial charge in [0, 0.05) is 31.2 Å². The number of anilines is 1. The summed E-state index contributed by atoms with van der Waals surface area (Å²) in [5.74, 6) is -0.810. The van der Waals surface area contributed by atoms with Crippen molar-refractivity contribution in [1.29, 1.82) is 0 Å². The number of likely N-dealkylation sites (tertiary alicyclic amines) is 1. The maximum absolute atomic E-state index is 12.1. The number of urea groups is 1. The first-order chi connectivity index (χ1) is 10.0. The van der Waals surface area contributed by atoms with Crippen LogP contribution in [-0.4, -0.2) is 41.1 Å². The fourth-order valence-corrected chi connectivity index (χ4v) is 2.31. The number of rotatable bonds is 4. The Kier molecular flexibility index (Phi) is 5.16. The van der Waals surface area contributed by atoms with E-state index in [1.807, 2.05) is 12.1 Å². The van der Waals surface area contributed by atoms with Crippen molar-refractivity contribution in [2.75, 3.05) is 18.4 Å². The number of carboxylic acids is 1. The fraction of sp³-hybridized carbons (Fsp3) is 0.467. The highest BCUT2D eigenvalue weighted by Crippen LogP contribution is 2.14. The zero-order valence-corrected chi connectivity index (χ0v) is 11.9. The molecule has 0 atom stereocenters. The Morgan fingerprint density at radius 1 is 1.24 bits per heavy atom. The lowest BCUT2D eigenvalue weighted by Crippen LogP contribution is -2.44. The molecule has 1 aliphatic rings. The Morgan fingerprint density at radius 3 is 2.43 bits per heavy atom. The third-order valence-electron chi connectivity index (χ3n) is 3.66. The van der Waals surface area contributed by atoms with Gasteiger partial charge in [-0.25, -0.2) is 4.79 Å². The van der Waals surface area contributed by atoms with Crippen molar-refractivity contribution in [1.82, 2.24) is 4.90 Å². The summed E-state index contributed by atoms with van der Waals surface area (Å²) in [7, 11) is 0. The standard InChI is InChI=1S/C15H21N3O3/c16-12-7-9-18(10-8-12)15(21)17-13-4-1-11(2-5-13)3-6-14(19)20/h1-2,4-5,12H,3,6-10,16H2,(H,17,21)(H,19,20). The first-order valence-electron chi connectivity index (χ1n) is 7.17. The fourth-order valence-electron chi connectivity index (χ4n) is 2.31. The molecule has 0 bridgehead atoms. The highest BCUT2D eigenvalue weighted by molar-refractivity contribution is 5.89. The normalized spacial score (nSPS) is 15.8. The minimum atomic E-state index is -0.810. The number of carboxylic acid groups (broad SMARTS) is 1. The van der Waals surface area contributed by atoms with Gasteiger partial charge in [0.15, 0.2) is 0 Å². The molecule has 114 valence electrons. The predicted octanol–water partition coefficient (Wildman–Crippen LogP) is 1.66. The maximum Gasteiger partial charge on any atom is 0.321 e. The molecule has 4 N–H and O–H groups in total. The van der Waals surface area contributed by atoms with Gasteiger partial charge in [0.2, 0.25) is 0 Å². The van der Waals surface area contributed by atoms with E-state index in [0.29, 0.717) is 25.2 Å². The number of hydrogen-bond donors (Lipinski definition) is 3. The van der Waals surface area contributed by atoms with Gasteiger partial charge in [0.05, 0.1) is 0 Å². The zero-order valence-electron chi connectivity index (χ0n) is 11.9. The second-order valence-electron chi connectivity index (χ2n) is 5.35. The van der Waals surface area contributed by atoms with Crippen LogP contribution in [0.1, 0.15) is 24.8 Å². The molecule has 1 aromatic rings. The number of benzene rings is 1. The maximum atomic E-state index is 12.1. The molecule has 6 nitrogen and oxygen atoms in total. The Morgan fingerprint density at radius 2 is 1.86 bits per heavy atom. The highest BCUT2D eigenvalue weighted by Gasteiger charge is 2.20. The lowest BCUT2D eigenvalue weighted by molar-refractivity contribution is -0.136. The molecule has 1 heterocycles. The summed E-state index contributed by atoms with van der Waals surface area (Å²) in [6, 6.07) is 7.35. The van der Waals surface area contributed by atoms with Gasteiger partial charge in [0.1, 0.15) is 0 Å². The van der Waals surface area contributed by atoms with Crippen molar-refractivity contribution < 1.29 is 14.7 Å². The number of nitrogens with zero attached hydrogens (tertiary/aromatic N) is 1. The van der Waals surface area contributed by atoms with Gasteiger partial charge in [0.25, 0.3) is 0 Å². The number of carbonyl (C=O) groups excluding carboxylic acids is 1. The summed E-state index contributed by atoms with van der Waals surface area (Å²) in [6.45, 7) is 1.37. The van der Waals surface area contributed by atoms with Crippen molar-refractivity contribution in [3.63, 3.8) is 0 Å². The lowest BCUT2D eigenvalue weighted by atomic mass is 10.1. The van der Waals surface area contributed by atoms with E-state index in [9.17, 15) is 9.59 Å². The monoisotopic (exact) mass is 291 g/mol. The van der Waals surface area contributed by atoms with Crippen LogP contribution in [0.25, 0.3) is 0 Å². The minimum Gasteiger partial charge on any atom is -0.481 e. The van der Waals surface area contributed by atoms with Crippen LogP contribution in [0.3, 0.4) is 0 Å². The Bertz CT molecular complexity index is 493. The highest BCUT2D eigenvalue weighted by atomic mass is 16.4. The van der Waals surface area contributed by atoms with Crippen LogP contribution < -0.4 is 11.1 Å². The molecule has 21 heavy (non-hydrogen) atoms. The van der Waals surface area contributed by atoms with Crippen LogP contribution in [0.2, 0.25) is 0 Å². The smallest absolute Gasteiger partial charge is 0.321 e. The van der Waals surface area contributed by atoms with Gasteiger partial charge in [-0.15, -0.1) is 0 Å². The summed E-state index contributed by atoms with van der Waals surface area (Å²) in [4.78, 5) is 24.3. The molecule has 0 aromatic heterocycles. The van der Waals surface area contributed by atoms with Crippen molar-refractivity contribution in [2.24, 2.45) is 5.73 Å². The van der Waals surface area contributed by atoms with Crippen LogP contribution in [0.15, 0.2) is 24.3 Å². The Labute approximate surface area is 123 Å². The quantitative estimate of drug-likeness (QED) is 0.786.